The maximum absolute atomic E-state index is 12.1. The van der Waals surface area contributed by atoms with E-state index in [-0.39, 0.29) is 18.7 Å². The largest absolute Gasteiger partial charge is 0.481 e. The van der Waals surface area contributed by atoms with Gasteiger partial charge in [0.2, 0.25) is 0 Å². The van der Waals surface area contributed by atoms with E-state index in [1.165, 1.54) is 4.90 Å². The summed E-state index contributed by atoms with van der Waals surface area (Å²) in [6.45, 7) is 3.36. The summed E-state index contributed by atoms with van der Waals surface area (Å²) in [5, 5.41) is 21.2. The minimum atomic E-state index is -0.853. The second kappa shape index (κ2) is 6.23. The first-order valence-corrected chi connectivity index (χ1v) is 6.67. The lowest BCUT2D eigenvalue weighted by Crippen LogP contribution is -2.55. The van der Waals surface area contributed by atoms with Crippen molar-refractivity contribution < 1.29 is 19.8 Å². The number of aliphatic hydroxyl groups is 1. The third kappa shape index (κ3) is 3.83. The molecule has 1 saturated carbocycles. The van der Waals surface area contributed by atoms with Gasteiger partial charge in [-0.3, -0.25) is 4.79 Å². The van der Waals surface area contributed by atoms with Crippen LogP contribution in [0.5, 0.6) is 0 Å². The smallest absolute Gasteiger partial charge is 0.317 e. The zero-order chi connectivity index (χ0) is 14.6. The van der Waals surface area contributed by atoms with Gasteiger partial charge in [0.25, 0.3) is 0 Å². The number of nitrogens with zero attached hydrogens (tertiary/aromatic N) is 1. The van der Waals surface area contributed by atoms with Crippen LogP contribution >= 0.6 is 0 Å². The highest BCUT2D eigenvalue weighted by Crippen LogP contribution is 2.25. The molecular weight excluding hydrogens is 248 g/mol. The molecule has 6 heteroatoms. The third-order valence-corrected chi connectivity index (χ3v) is 3.99. The van der Waals surface area contributed by atoms with Gasteiger partial charge in [-0.25, -0.2) is 4.79 Å². The Morgan fingerprint density at radius 3 is 2.42 bits per heavy atom. The molecule has 0 heterocycles. The van der Waals surface area contributed by atoms with E-state index < -0.39 is 17.4 Å². The van der Waals surface area contributed by atoms with Crippen LogP contribution in [-0.2, 0) is 4.79 Å². The normalized spacial score (nSPS) is 23.8. The fourth-order valence-corrected chi connectivity index (χ4v) is 2.24. The van der Waals surface area contributed by atoms with Gasteiger partial charge in [0, 0.05) is 13.1 Å². The molecule has 0 aromatic carbocycles. The third-order valence-electron chi connectivity index (χ3n) is 3.99. The molecule has 0 saturated heterocycles. The second-order valence-corrected chi connectivity index (χ2v) is 5.81. The van der Waals surface area contributed by atoms with Crippen molar-refractivity contribution in [2.24, 2.45) is 5.92 Å². The first-order valence-electron chi connectivity index (χ1n) is 6.67. The summed E-state index contributed by atoms with van der Waals surface area (Å²) < 4.78 is 0. The van der Waals surface area contributed by atoms with Gasteiger partial charge in [-0.2, -0.15) is 0 Å². The summed E-state index contributed by atoms with van der Waals surface area (Å²) in [6.07, 6.45) is 3.12. The summed E-state index contributed by atoms with van der Waals surface area (Å²) in [7, 11) is 1.60. The molecule has 0 aliphatic heterocycles. The average Bonchev–Trinajstić information content (AvgIpc) is 2.38. The molecule has 2 unspecified atom stereocenters. The van der Waals surface area contributed by atoms with E-state index in [0.29, 0.717) is 12.8 Å². The first kappa shape index (κ1) is 15.8. The number of hydrogen-bond donors (Lipinski definition) is 3. The molecule has 6 nitrogen and oxygen atoms in total. The molecule has 0 aromatic heterocycles. The number of carboxylic acid groups (broad SMARTS) is 1. The van der Waals surface area contributed by atoms with Crippen LogP contribution in [0.4, 0.5) is 4.79 Å². The highest BCUT2D eigenvalue weighted by molar-refractivity contribution is 5.77. The molecule has 3 N–H and O–H groups in total. The van der Waals surface area contributed by atoms with E-state index in [1.807, 2.05) is 0 Å². The van der Waals surface area contributed by atoms with E-state index in [2.05, 4.69) is 5.32 Å². The fourth-order valence-electron chi connectivity index (χ4n) is 2.24. The molecule has 1 aliphatic carbocycles. The Balaban J connectivity index is 2.67. The van der Waals surface area contributed by atoms with Crippen molar-refractivity contribution in [2.45, 2.75) is 51.1 Å². The van der Waals surface area contributed by atoms with Crippen LogP contribution in [-0.4, -0.2) is 52.3 Å². The van der Waals surface area contributed by atoms with Gasteiger partial charge < -0.3 is 20.4 Å². The molecule has 1 rings (SSSR count). The van der Waals surface area contributed by atoms with Crippen molar-refractivity contribution in [2.75, 3.05) is 13.7 Å². The first-order chi connectivity index (χ1) is 8.79. The lowest BCUT2D eigenvalue weighted by Gasteiger charge is -2.37. The van der Waals surface area contributed by atoms with E-state index in [1.54, 1.807) is 20.9 Å². The summed E-state index contributed by atoms with van der Waals surface area (Å²) in [5.74, 6) is -1.36. The van der Waals surface area contributed by atoms with E-state index in [4.69, 9.17) is 5.11 Å². The van der Waals surface area contributed by atoms with Gasteiger partial charge >= 0.3 is 12.0 Å². The predicted octanol–water partition coefficient (Wildman–Crippen LogP) is 1.04. The lowest BCUT2D eigenvalue weighted by atomic mass is 9.84. The van der Waals surface area contributed by atoms with E-state index in [9.17, 15) is 14.7 Å². The number of carbonyl (C=O) groups excluding carboxylic acids is 1. The minimum absolute atomic E-state index is 0.149. The number of carbonyl (C=O) groups is 2. The summed E-state index contributed by atoms with van der Waals surface area (Å²) in [4.78, 5) is 24.7. The average molecular weight is 272 g/mol. The Morgan fingerprint density at radius 1 is 1.32 bits per heavy atom. The Morgan fingerprint density at radius 2 is 1.89 bits per heavy atom. The van der Waals surface area contributed by atoms with Crippen molar-refractivity contribution >= 4 is 12.0 Å². The minimum Gasteiger partial charge on any atom is -0.481 e. The molecule has 0 spiro atoms. The molecular formula is C13H24N2O4. The number of nitrogens with one attached hydrogen (secondary N) is 1. The highest BCUT2D eigenvalue weighted by atomic mass is 16.4. The Bertz CT molecular complexity index is 344. The Hall–Kier alpha value is -1.30. The number of urea groups is 1. The second-order valence-electron chi connectivity index (χ2n) is 5.81. The van der Waals surface area contributed by atoms with Gasteiger partial charge in [-0.1, -0.05) is 12.8 Å². The number of hydrogen-bond acceptors (Lipinski definition) is 3. The highest BCUT2D eigenvalue weighted by Gasteiger charge is 2.34. The summed E-state index contributed by atoms with van der Waals surface area (Å²) in [5.41, 5.74) is -0.669. The van der Waals surface area contributed by atoms with Crippen LogP contribution in [0.15, 0.2) is 0 Å². The maximum Gasteiger partial charge on any atom is 0.317 e. The zero-order valence-electron chi connectivity index (χ0n) is 11.8. The van der Waals surface area contributed by atoms with Crippen LogP contribution in [0.2, 0.25) is 0 Å². The lowest BCUT2D eigenvalue weighted by molar-refractivity contribution is -0.143. The molecule has 19 heavy (non-hydrogen) atoms. The SMILES string of the molecule is CN(C(=O)NC1CCCCC1C(=O)O)C(C)(C)CO. The standard InChI is InChI=1S/C13H24N2O4/c1-13(2,8-16)15(3)12(19)14-10-7-5-4-6-9(10)11(17)18/h9-10,16H,4-8H2,1-3H3,(H,14,19)(H,17,18). The number of amides is 2. The van der Waals surface area contributed by atoms with Crippen LogP contribution in [0.25, 0.3) is 0 Å². The zero-order valence-corrected chi connectivity index (χ0v) is 11.8. The number of rotatable bonds is 4. The molecule has 1 fully saturated rings. The van der Waals surface area contributed by atoms with Gasteiger partial charge in [-0.15, -0.1) is 0 Å². The molecule has 1 aliphatic rings. The van der Waals surface area contributed by atoms with Crippen molar-refractivity contribution in [1.82, 2.24) is 10.2 Å². The molecule has 0 aromatic rings. The molecule has 2 atom stereocenters. The van der Waals surface area contributed by atoms with Crippen molar-refractivity contribution in [3.63, 3.8) is 0 Å². The fraction of sp³-hybridized carbons (Fsp3) is 0.846. The van der Waals surface area contributed by atoms with Crippen LogP contribution < -0.4 is 5.32 Å². The molecule has 2 amide bonds. The van der Waals surface area contributed by atoms with Crippen molar-refractivity contribution in [3.05, 3.63) is 0 Å². The molecule has 0 bridgehead atoms. The monoisotopic (exact) mass is 272 g/mol. The molecule has 0 radical (unpaired) electrons. The van der Waals surface area contributed by atoms with E-state index in [0.717, 1.165) is 12.8 Å². The van der Waals surface area contributed by atoms with Crippen LogP contribution in [0, 0.1) is 5.92 Å². The topological polar surface area (TPSA) is 89.9 Å². The quantitative estimate of drug-likeness (QED) is 0.713. The number of carboxylic acids is 1. The summed E-state index contributed by atoms with van der Waals surface area (Å²) in [6, 6.07) is -0.659. The Labute approximate surface area is 113 Å². The van der Waals surface area contributed by atoms with Gasteiger partial charge in [0.05, 0.1) is 18.1 Å². The van der Waals surface area contributed by atoms with Crippen LogP contribution in [0.1, 0.15) is 39.5 Å². The van der Waals surface area contributed by atoms with E-state index >= 15 is 0 Å². The van der Waals surface area contributed by atoms with Gasteiger partial charge in [-0.05, 0) is 26.7 Å². The number of aliphatic hydroxyl groups excluding tert-OH is 1. The summed E-state index contributed by atoms with van der Waals surface area (Å²) >= 11 is 0. The van der Waals surface area contributed by atoms with Crippen LogP contribution in [0.3, 0.4) is 0 Å². The van der Waals surface area contributed by atoms with Crippen molar-refractivity contribution in [1.29, 1.82) is 0 Å². The predicted molar refractivity (Wildman–Crippen MR) is 70.8 cm³/mol. The van der Waals surface area contributed by atoms with Gasteiger partial charge in [0.15, 0.2) is 0 Å². The number of aliphatic carboxylic acids is 1. The Kier molecular flexibility index (Phi) is 5.17. The van der Waals surface area contributed by atoms with Crippen molar-refractivity contribution in [3.8, 4) is 0 Å². The maximum atomic E-state index is 12.1. The molecule has 110 valence electrons. The number of likely N-dealkylation sites (N-methyl/N-ethyl adjacent to an activating group) is 1. The van der Waals surface area contributed by atoms with Gasteiger partial charge in [0.1, 0.15) is 0 Å².